The van der Waals surface area contributed by atoms with Crippen LogP contribution in [0.4, 0.5) is 0 Å². The van der Waals surface area contributed by atoms with Gasteiger partial charge >= 0.3 is 19.1 Å². The highest BCUT2D eigenvalue weighted by Crippen LogP contribution is 2.24. The van der Waals surface area contributed by atoms with Crippen LogP contribution in [0.1, 0.15) is 0 Å². The SMILES string of the molecule is CN1CC(=O)OB(c2cc3cc(-c4ccccc4)ccc3o2)OC(=O)C1. The van der Waals surface area contributed by atoms with Crippen molar-refractivity contribution in [1.29, 1.82) is 0 Å². The first kappa shape index (κ1) is 16.4. The van der Waals surface area contributed by atoms with Gasteiger partial charge in [0, 0.05) is 5.39 Å². The average molecular weight is 349 g/mol. The molecule has 1 aromatic heterocycles. The number of likely N-dealkylation sites (N-methyl/N-ethyl adjacent to an activating group) is 1. The molecule has 0 amide bonds. The Balaban J connectivity index is 1.66. The van der Waals surface area contributed by atoms with Crippen LogP contribution in [0, 0.1) is 0 Å². The molecule has 0 N–H and O–H groups in total. The van der Waals surface area contributed by atoms with Gasteiger partial charge in [0.15, 0.2) is 5.66 Å². The molecule has 0 saturated carbocycles. The third-order valence-corrected chi connectivity index (χ3v) is 4.15. The third-order valence-electron chi connectivity index (χ3n) is 4.15. The summed E-state index contributed by atoms with van der Waals surface area (Å²) in [5.74, 6) is -0.953. The maximum atomic E-state index is 11.9. The van der Waals surface area contributed by atoms with Crippen molar-refractivity contribution in [1.82, 2.24) is 4.90 Å². The third kappa shape index (κ3) is 3.34. The lowest BCUT2D eigenvalue weighted by Crippen LogP contribution is -2.47. The van der Waals surface area contributed by atoms with E-state index >= 15 is 0 Å². The van der Waals surface area contributed by atoms with Crippen molar-refractivity contribution in [3.8, 4) is 11.1 Å². The average Bonchev–Trinajstić information content (AvgIpc) is 3.03. The minimum absolute atomic E-state index is 0.0178. The molecule has 1 aliphatic rings. The molecule has 0 aliphatic carbocycles. The first-order chi connectivity index (χ1) is 12.6. The number of fused-ring (bicyclic) bond motifs is 1. The van der Waals surface area contributed by atoms with Crippen LogP contribution in [0.2, 0.25) is 0 Å². The molecular formula is C19H16BNO5. The number of carbonyl (C=O) groups is 2. The molecular weight excluding hydrogens is 333 g/mol. The Kier molecular flexibility index (Phi) is 4.22. The molecule has 6 nitrogen and oxygen atoms in total. The largest absolute Gasteiger partial charge is 0.674 e. The predicted molar refractivity (Wildman–Crippen MR) is 96.7 cm³/mol. The molecule has 0 radical (unpaired) electrons. The van der Waals surface area contributed by atoms with E-state index in [0.717, 1.165) is 16.5 Å². The van der Waals surface area contributed by atoms with Gasteiger partial charge in [-0.1, -0.05) is 36.4 Å². The maximum absolute atomic E-state index is 11.9. The number of nitrogens with zero attached hydrogens (tertiary/aromatic N) is 1. The minimum atomic E-state index is -1.17. The molecule has 130 valence electrons. The highest BCUT2D eigenvalue weighted by molar-refractivity contribution is 6.63. The quantitative estimate of drug-likeness (QED) is 0.658. The Morgan fingerprint density at radius 1 is 0.885 bits per heavy atom. The van der Waals surface area contributed by atoms with Crippen LogP contribution in [0.25, 0.3) is 22.1 Å². The second kappa shape index (κ2) is 6.69. The fraction of sp³-hybridized carbons (Fsp3) is 0.158. The summed E-state index contributed by atoms with van der Waals surface area (Å²) in [6, 6.07) is 17.5. The van der Waals surface area contributed by atoms with Crippen LogP contribution in [-0.2, 0) is 18.9 Å². The second-order valence-electron chi connectivity index (χ2n) is 6.25. The summed E-state index contributed by atoms with van der Waals surface area (Å²) >= 11 is 0. The predicted octanol–water partition coefficient (Wildman–Crippen LogP) is 1.83. The van der Waals surface area contributed by atoms with Gasteiger partial charge in [-0.3, -0.25) is 14.5 Å². The molecule has 1 saturated heterocycles. The Bertz CT molecular complexity index is 948. The van der Waals surface area contributed by atoms with Crippen molar-refractivity contribution in [2.24, 2.45) is 0 Å². The van der Waals surface area contributed by atoms with E-state index in [0.29, 0.717) is 5.58 Å². The number of hydrogen-bond donors (Lipinski definition) is 0. The second-order valence-corrected chi connectivity index (χ2v) is 6.25. The Labute approximate surface area is 150 Å². The van der Waals surface area contributed by atoms with Gasteiger partial charge in [-0.2, -0.15) is 0 Å². The molecule has 0 bridgehead atoms. The van der Waals surface area contributed by atoms with E-state index in [-0.39, 0.29) is 18.7 Å². The van der Waals surface area contributed by atoms with Crippen molar-refractivity contribution >= 4 is 35.7 Å². The van der Waals surface area contributed by atoms with Gasteiger partial charge in [0.25, 0.3) is 0 Å². The molecule has 0 spiro atoms. The number of carbonyl (C=O) groups excluding carboxylic acids is 2. The number of furan rings is 1. The number of rotatable bonds is 2. The summed E-state index contributed by atoms with van der Waals surface area (Å²) < 4.78 is 16.2. The van der Waals surface area contributed by atoms with Crippen molar-refractivity contribution in [3.05, 3.63) is 54.6 Å². The standard InChI is InChI=1S/C19H16BNO5/c1-21-11-18(22)25-20(26-19(23)12-21)17-10-15-9-14(7-8-16(15)24-17)13-5-3-2-4-6-13/h2-10H,11-12H2,1H3. The van der Waals surface area contributed by atoms with Crippen LogP contribution in [0.15, 0.2) is 59.0 Å². The Morgan fingerprint density at radius 3 is 2.27 bits per heavy atom. The summed E-state index contributed by atoms with van der Waals surface area (Å²) in [6.45, 7) is 0.0357. The smallest absolute Gasteiger partial charge is 0.492 e. The van der Waals surface area contributed by atoms with Gasteiger partial charge in [-0.05, 0) is 36.4 Å². The Morgan fingerprint density at radius 2 is 1.58 bits per heavy atom. The fourth-order valence-corrected chi connectivity index (χ4v) is 2.94. The van der Waals surface area contributed by atoms with E-state index in [1.807, 2.05) is 48.5 Å². The van der Waals surface area contributed by atoms with E-state index in [4.69, 9.17) is 13.7 Å². The topological polar surface area (TPSA) is 69.0 Å². The summed E-state index contributed by atoms with van der Waals surface area (Å²) in [5, 5.41) is 0.840. The fourth-order valence-electron chi connectivity index (χ4n) is 2.94. The van der Waals surface area contributed by atoms with Gasteiger partial charge < -0.3 is 13.7 Å². The highest BCUT2D eigenvalue weighted by Gasteiger charge is 2.37. The molecule has 0 atom stereocenters. The van der Waals surface area contributed by atoms with Crippen molar-refractivity contribution in [3.63, 3.8) is 0 Å². The summed E-state index contributed by atoms with van der Waals surface area (Å²) in [5.41, 5.74) is 3.05. The molecule has 1 fully saturated rings. The molecule has 2 aromatic carbocycles. The minimum Gasteiger partial charge on any atom is -0.492 e. The van der Waals surface area contributed by atoms with Crippen LogP contribution >= 0.6 is 0 Å². The van der Waals surface area contributed by atoms with E-state index in [1.165, 1.54) is 4.90 Å². The van der Waals surface area contributed by atoms with Gasteiger partial charge in [-0.15, -0.1) is 0 Å². The molecule has 3 aromatic rings. The first-order valence-electron chi connectivity index (χ1n) is 8.25. The lowest BCUT2D eigenvalue weighted by atomic mass is 9.85. The van der Waals surface area contributed by atoms with Gasteiger partial charge in [0.1, 0.15) is 5.58 Å². The normalized spacial score (nSPS) is 16.1. The zero-order valence-electron chi connectivity index (χ0n) is 14.2. The molecule has 7 heteroatoms. The maximum Gasteiger partial charge on any atom is 0.674 e. The summed E-state index contributed by atoms with van der Waals surface area (Å²) in [7, 11) is 0.478. The highest BCUT2D eigenvalue weighted by atomic mass is 16.6. The number of hydrogen-bond acceptors (Lipinski definition) is 6. The van der Waals surface area contributed by atoms with E-state index in [1.54, 1.807) is 13.1 Å². The molecule has 2 heterocycles. The molecule has 26 heavy (non-hydrogen) atoms. The molecule has 1 aliphatic heterocycles. The first-order valence-corrected chi connectivity index (χ1v) is 8.25. The zero-order valence-corrected chi connectivity index (χ0v) is 14.2. The van der Waals surface area contributed by atoms with E-state index in [2.05, 4.69) is 0 Å². The van der Waals surface area contributed by atoms with Crippen LogP contribution < -0.4 is 5.66 Å². The van der Waals surface area contributed by atoms with E-state index < -0.39 is 19.1 Å². The van der Waals surface area contributed by atoms with E-state index in [9.17, 15) is 9.59 Å². The van der Waals surface area contributed by atoms with Crippen molar-refractivity contribution in [2.45, 2.75) is 0 Å². The van der Waals surface area contributed by atoms with Crippen molar-refractivity contribution < 1.29 is 23.3 Å². The van der Waals surface area contributed by atoms with Crippen LogP contribution in [0.3, 0.4) is 0 Å². The molecule has 0 unspecified atom stereocenters. The Hall–Kier alpha value is -3.06. The number of benzene rings is 2. The van der Waals surface area contributed by atoms with Crippen LogP contribution in [-0.4, -0.2) is 44.1 Å². The monoisotopic (exact) mass is 349 g/mol. The summed E-state index contributed by atoms with van der Waals surface area (Å²) in [6.07, 6.45) is 0. The lowest BCUT2D eigenvalue weighted by Gasteiger charge is -2.21. The van der Waals surface area contributed by atoms with Crippen molar-refractivity contribution in [2.75, 3.05) is 20.1 Å². The van der Waals surface area contributed by atoms with Crippen LogP contribution in [0.5, 0.6) is 0 Å². The lowest BCUT2D eigenvalue weighted by molar-refractivity contribution is -0.145. The summed E-state index contributed by atoms with van der Waals surface area (Å²) in [4.78, 5) is 25.3. The van der Waals surface area contributed by atoms with Gasteiger partial charge in [0.05, 0.1) is 13.1 Å². The molecule has 4 rings (SSSR count). The van der Waals surface area contributed by atoms with Gasteiger partial charge in [-0.25, -0.2) is 0 Å². The zero-order chi connectivity index (χ0) is 18.1. The van der Waals surface area contributed by atoms with Gasteiger partial charge in [0.2, 0.25) is 0 Å².